The van der Waals surface area contributed by atoms with Gasteiger partial charge in [0.1, 0.15) is 10.7 Å². The summed E-state index contributed by atoms with van der Waals surface area (Å²) in [5.74, 6) is -0.874. The van der Waals surface area contributed by atoms with Crippen LogP contribution in [0.3, 0.4) is 0 Å². The predicted octanol–water partition coefficient (Wildman–Crippen LogP) is 3.71. The molecule has 0 saturated heterocycles. The van der Waals surface area contributed by atoms with Crippen molar-refractivity contribution in [3.8, 4) is 0 Å². The summed E-state index contributed by atoms with van der Waals surface area (Å²) in [5.41, 5.74) is 2.52. The standard InChI is InChI=1S/C20H24ClFN6O2S/c1-13-10-20(26-25-13)27-31(29,30)19-11-14(21)17(12-15(19)22)24-16-6-4-5-7-18(16)28(3)9-8-23-2/h4-7,10-12,23-24H,8-9H2,1-3H3,(H2,25,26,27). The third-order valence-corrected chi connectivity index (χ3v) is 6.22. The largest absolute Gasteiger partial charge is 0.372 e. The van der Waals surface area contributed by atoms with Crippen LogP contribution >= 0.6 is 11.6 Å². The molecule has 3 rings (SSSR count). The topological polar surface area (TPSA) is 102 Å². The van der Waals surface area contributed by atoms with Crippen LogP contribution in [0.15, 0.2) is 47.4 Å². The molecule has 0 saturated carbocycles. The molecule has 1 aromatic heterocycles. The second-order valence-electron chi connectivity index (χ2n) is 6.97. The van der Waals surface area contributed by atoms with E-state index in [1.807, 2.05) is 43.3 Å². The lowest BCUT2D eigenvalue weighted by Crippen LogP contribution is -2.27. The first-order chi connectivity index (χ1) is 14.7. The van der Waals surface area contributed by atoms with Gasteiger partial charge in [-0.05, 0) is 32.2 Å². The van der Waals surface area contributed by atoms with E-state index in [1.165, 1.54) is 6.07 Å². The van der Waals surface area contributed by atoms with Gasteiger partial charge in [0.15, 0.2) is 5.82 Å². The van der Waals surface area contributed by atoms with E-state index in [0.717, 1.165) is 30.9 Å². The van der Waals surface area contributed by atoms with Crippen molar-refractivity contribution in [2.45, 2.75) is 11.8 Å². The highest BCUT2D eigenvalue weighted by atomic mass is 35.5. The Kier molecular flexibility index (Phi) is 7.04. The van der Waals surface area contributed by atoms with Crippen LogP contribution in [-0.4, -0.2) is 45.8 Å². The fraction of sp³-hybridized carbons (Fsp3) is 0.250. The van der Waals surface area contributed by atoms with Gasteiger partial charge in [-0.25, -0.2) is 12.8 Å². The van der Waals surface area contributed by atoms with Gasteiger partial charge >= 0.3 is 0 Å². The van der Waals surface area contributed by atoms with Crippen molar-refractivity contribution in [1.29, 1.82) is 0 Å². The number of hydrogen-bond acceptors (Lipinski definition) is 6. The summed E-state index contributed by atoms with van der Waals surface area (Å²) in [6, 6.07) is 11.1. The van der Waals surface area contributed by atoms with E-state index in [2.05, 4.69) is 25.6 Å². The number of benzene rings is 2. The highest BCUT2D eigenvalue weighted by Gasteiger charge is 2.23. The number of nitrogens with one attached hydrogen (secondary N) is 4. The van der Waals surface area contributed by atoms with Gasteiger partial charge in [0.2, 0.25) is 0 Å². The lowest BCUT2D eigenvalue weighted by Gasteiger charge is -2.23. The van der Waals surface area contributed by atoms with Crippen LogP contribution < -0.4 is 20.3 Å². The number of aromatic amines is 1. The summed E-state index contributed by atoms with van der Waals surface area (Å²) < 4.78 is 42.2. The van der Waals surface area contributed by atoms with Crippen LogP contribution in [0.1, 0.15) is 5.69 Å². The molecular weight excluding hydrogens is 443 g/mol. The third-order valence-electron chi connectivity index (χ3n) is 4.54. The fourth-order valence-corrected chi connectivity index (χ4v) is 4.30. The molecule has 0 aliphatic carbocycles. The number of nitrogens with zero attached hydrogens (tertiary/aromatic N) is 2. The van der Waals surface area contributed by atoms with Gasteiger partial charge < -0.3 is 15.5 Å². The molecule has 0 bridgehead atoms. The maximum absolute atomic E-state index is 14.8. The molecule has 0 radical (unpaired) electrons. The lowest BCUT2D eigenvalue weighted by molar-refractivity contribution is 0.570. The summed E-state index contributed by atoms with van der Waals surface area (Å²) in [6.07, 6.45) is 0. The number of hydrogen-bond donors (Lipinski definition) is 4. The van der Waals surface area contributed by atoms with Crippen molar-refractivity contribution in [1.82, 2.24) is 15.5 Å². The Morgan fingerprint density at radius 3 is 2.61 bits per heavy atom. The predicted molar refractivity (Wildman–Crippen MR) is 122 cm³/mol. The number of aromatic nitrogens is 2. The second kappa shape index (κ2) is 9.54. The summed E-state index contributed by atoms with van der Waals surface area (Å²) >= 11 is 6.31. The van der Waals surface area contributed by atoms with Gasteiger partial charge in [0.25, 0.3) is 10.0 Å². The summed E-state index contributed by atoms with van der Waals surface area (Å²) in [5, 5.41) is 12.7. The smallest absolute Gasteiger partial charge is 0.266 e. The summed E-state index contributed by atoms with van der Waals surface area (Å²) in [6.45, 7) is 3.26. The maximum atomic E-state index is 14.8. The second-order valence-corrected chi connectivity index (χ2v) is 9.03. The first kappa shape index (κ1) is 22.9. The van der Waals surface area contributed by atoms with Crippen molar-refractivity contribution in [2.75, 3.05) is 42.1 Å². The number of para-hydroxylation sites is 2. The Labute approximate surface area is 185 Å². The highest BCUT2D eigenvalue weighted by molar-refractivity contribution is 7.92. The van der Waals surface area contributed by atoms with Crippen molar-refractivity contribution in [3.05, 3.63) is 59.0 Å². The number of likely N-dealkylation sites (N-methyl/N-ethyl adjacent to an activating group) is 2. The molecule has 3 aromatic rings. The van der Waals surface area contributed by atoms with Gasteiger partial charge in [0, 0.05) is 38.0 Å². The fourth-order valence-electron chi connectivity index (χ4n) is 2.95. The van der Waals surface area contributed by atoms with Crippen LogP contribution in [0, 0.1) is 12.7 Å². The Hall–Kier alpha value is -2.82. The van der Waals surface area contributed by atoms with E-state index in [0.29, 0.717) is 11.4 Å². The number of anilines is 4. The minimum atomic E-state index is -4.21. The van der Waals surface area contributed by atoms with E-state index in [1.54, 1.807) is 6.92 Å². The average Bonchev–Trinajstić information content (AvgIpc) is 3.12. The zero-order valence-electron chi connectivity index (χ0n) is 17.3. The SMILES string of the molecule is CNCCN(C)c1ccccc1Nc1cc(F)c(S(=O)(=O)Nc2cc(C)[nH]n2)cc1Cl. The molecular formula is C20H24ClFN6O2S. The first-order valence-corrected chi connectivity index (χ1v) is 11.3. The molecule has 0 unspecified atom stereocenters. The highest BCUT2D eigenvalue weighted by Crippen LogP contribution is 2.34. The Morgan fingerprint density at radius 1 is 1.19 bits per heavy atom. The Balaban J connectivity index is 1.88. The zero-order chi connectivity index (χ0) is 22.6. The Morgan fingerprint density at radius 2 is 1.94 bits per heavy atom. The van der Waals surface area contributed by atoms with Crippen LogP contribution in [-0.2, 0) is 10.0 Å². The van der Waals surface area contributed by atoms with Crippen molar-refractivity contribution in [2.24, 2.45) is 0 Å². The van der Waals surface area contributed by atoms with E-state index < -0.39 is 20.7 Å². The van der Waals surface area contributed by atoms with Gasteiger partial charge in [-0.3, -0.25) is 9.82 Å². The third kappa shape index (κ3) is 5.46. The van der Waals surface area contributed by atoms with E-state index in [4.69, 9.17) is 11.6 Å². The number of rotatable bonds is 9. The molecule has 11 heteroatoms. The molecule has 2 aromatic carbocycles. The maximum Gasteiger partial charge on any atom is 0.266 e. The molecule has 166 valence electrons. The monoisotopic (exact) mass is 466 g/mol. The molecule has 1 heterocycles. The minimum absolute atomic E-state index is 0.0627. The molecule has 0 aliphatic heterocycles. The normalized spacial score (nSPS) is 11.4. The van der Waals surface area contributed by atoms with Crippen LogP contribution in [0.25, 0.3) is 0 Å². The van der Waals surface area contributed by atoms with Gasteiger partial charge in [-0.15, -0.1) is 0 Å². The Bertz CT molecular complexity index is 1170. The molecule has 0 spiro atoms. The zero-order valence-corrected chi connectivity index (χ0v) is 18.9. The molecule has 0 fully saturated rings. The number of H-pyrrole nitrogens is 1. The lowest BCUT2D eigenvalue weighted by atomic mass is 10.2. The van der Waals surface area contributed by atoms with E-state index in [-0.39, 0.29) is 16.5 Å². The van der Waals surface area contributed by atoms with Crippen LogP contribution in [0.4, 0.5) is 27.3 Å². The molecule has 4 N–H and O–H groups in total. The average molecular weight is 467 g/mol. The summed E-state index contributed by atoms with van der Waals surface area (Å²) in [7, 11) is -0.394. The first-order valence-electron chi connectivity index (χ1n) is 9.47. The van der Waals surface area contributed by atoms with E-state index >= 15 is 0 Å². The molecule has 0 aliphatic rings. The van der Waals surface area contributed by atoms with Crippen LogP contribution in [0.2, 0.25) is 5.02 Å². The van der Waals surface area contributed by atoms with Gasteiger partial charge in [-0.2, -0.15) is 5.10 Å². The summed E-state index contributed by atoms with van der Waals surface area (Å²) in [4.78, 5) is 1.47. The molecule has 0 amide bonds. The molecule has 0 atom stereocenters. The number of aryl methyl sites for hydroxylation is 1. The van der Waals surface area contributed by atoms with Gasteiger partial charge in [0.05, 0.1) is 22.1 Å². The van der Waals surface area contributed by atoms with E-state index in [9.17, 15) is 12.8 Å². The minimum Gasteiger partial charge on any atom is -0.372 e. The van der Waals surface area contributed by atoms with Gasteiger partial charge in [-0.1, -0.05) is 23.7 Å². The number of sulfonamides is 1. The van der Waals surface area contributed by atoms with Crippen molar-refractivity contribution >= 4 is 44.5 Å². The molecule has 8 nitrogen and oxygen atoms in total. The number of halogens is 2. The van der Waals surface area contributed by atoms with Crippen LogP contribution in [0.5, 0.6) is 0 Å². The van der Waals surface area contributed by atoms with Crippen molar-refractivity contribution < 1.29 is 12.8 Å². The molecule has 31 heavy (non-hydrogen) atoms. The quantitative estimate of drug-likeness (QED) is 0.383. The van der Waals surface area contributed by atoms with Crippen molar-refractivity contribution in [3.63, 3.8) is 0 Å².